The van der Waals surface area contributed by atoms with Crippen LogP contribution in [-0.2, 0) is 9.59 Å². The number of nitrogens with one attached hydrogen (secondary N) is 2. The number of likely N-dealkylation sites (tertiary alicyclic amines) is 1. The van der Waals surface area contributed by atoms with Crippen molar-refractivity contribution in [2.24, 2.45) is 11.7 Å². The fourth-order valence-electron chi connectivity index (χ4n) is 8.62. The summed E-state index contributed by atoms with van der Waals surface area (Å²) in [4.78, 5) is 70.7. The number of imide groups is 2. The first-order valence-electron chi connectivity index (χ1n) is 18.8. The van der Waals surface area contributed by atoms with E-state index >= 15 is 0 Å². The number of piperidine rings is 3. The monoisotopic (exact) mass is 719 g/mol. The van der Waals surface area contributed by atoms with Crippen molar-refractivity contribution < 1.29 is 24.0 Å². The summed E-state index contributed by atoms with van der Waals surface area (Å²) in [5, 5.41) is 14.1. The maximum atomic E-state index is 13.3. The van der Waals surface area contributed by atoms with Gasteiger partial charge < -0.3 is 25.8 Å². The number of nitrogens with two attached hydrogens (primary N) is 1. The fourth-order valence-corrected chi connectivity index (χ4v) is 8.62. The van der Waals surface area contributed by atoms with E-state index in [2.05, 4.69) is 59.8 Å². The molecule has 2 aromatic carbocycles. The van der Waals surface area contributed by atoms with Crippen LogP contribution in [0.15, 0.2) is 48.5 Å². The number of hydrogen-bond donors (Lipinski definition) is 3. The molecule has 0 spiro atoms. The summed E-state index contributed by atoms with van der Waals surface area (Å²) in [6.45, 7) is 6.66. The van der Waals surface area contributed by atoms with Crippen LogP contribution in [0.4, 0.5) is 22.9 Å². The van der Waals surface area contributed by atoms with Gasteiger partial charge in [0.05, 0.1) is 16.8 Å². The van der Waals surface area contributed by atoms with Crippen LogP contribution in [-0.4, -0.2) is 101 Å². The van der Waals surface area contributed by atoms with Gasteiger partial charge in [0, 0.05) is 56.6 Å². The molecule has 276 valence electrons. The molecule has 6 heterocycles. The van der Waals surface area contributed by atoms with Gasteiger partial charge in [-0.2, -0.15) is 0 Å². The highest BCUT2D eigenvalue weighted by Gasteiger charge is 2.45. The van der Waals surface area contributed by atoms with Gasteiger partial charge in [-0.25, -0.2) is 0 Å². The number of aromatic nitrogens is 2. The van der Waals surface area contributed by atoms with Gasteiger partial charge in [0.15, 0.2) is 11.5 Å². The Kier molecular flexibility index (Phi) is 9.54. The zero-order valence-electron chi connectivity index (χ0n) is 29.8. The Morgan fingerprint density at radius 1 is 0.811 bits per heavy atom. The third-order valence-electron chi connectivity index (χ3n) is 11.5. The average molecular weight is 720 g/mol. The first-order chi connectivity index (χ1) is 25.7. The van der Waals surface area contributed by atoms with E-state index in [9.17, 15) is 24.0 Å². The van der Waals surface area contributed by atoms with Crippen LogP contribution in [0.2, 0.25) is 0 Å². The van der Waals surface area contributed by atoms with E-state index in [1.807, 2.05) is 12.1 Å². The number of rotatable bonds is 9. The Morgan fingerprint density at radius 2 is 1.57 bits per heavy atom. The Morgan fingerprint density at radius 3 is 2.30 bits per heavy atom. The van der Waals surface area contributed by atoms with E-state index in [1.54, 1.807) is 12.1 Å². The second kappa shape index (κ2) is 14.6. The predicted molar refractivity (Wildman–Crippen MR) is 198 cm³/mol. The molecule has 2 unspecified atom stereocenters. The number of benzene rings is 2. The molecule has 5 aliphatic heterocycles. The van der Waals surface area contributed by atoms with Gasteiger partial charge in [-0.15, -0.1) is 10.2 Å². The Labute approximate surface area is 308 Å². The molecule has 0 bridgehead atoms. The van der Waals surface area contributed by atoms with Crippen molar-refractivity contribution in [2.45, 2.75) is 63.3 Å². The first-order valence-corrected chi connectivity index (χ1v) is 18.8. The van der Waals surface area contributed by atoms with E-state index in [0.29, 0.717) is 28.7 Å². The molecule has 0 saturated carbocycles. The van der Waals surface area contributed by atoms with Gasteiger partial charge in [0.2, 0.25) is 11.8 Å². The van der Waals surface area contributed by atoms with E-state index < -0.39 is 29.7 Å². The van der Waals surface area contributed by atoms with Crippen LogP contribution in [0.25, 0.3) is 0 Å². The zero-order valence-corrected chi connectivity index (χ0v) is 29.8. The molecule has 53 heavy (non-hydrogen) atoms. The average Bonchev–Trinajstić information content (AvgIpc) is 3.74. The van der Waals surface area contributed by atoms with Crippen LogP contribution in [0.1, 0.15) is 94.1 Å². The third kappa shape index (κ3) is 7.07. The lowest BCUT2D eigenvalue weighted by Crippen LogP contribution is -2.54. The van der Waals surface area contributed by atoms with Crippen molar-refractivity contribution in [1.82, 2.24) is 25.3 Å². The minimum absolute atomic E-state index is 0.0970. The molecule has 4 saturated heterocycles. The molecule has 4 fully saturated rings. The van der Waals surface area contributed by atoms with Gasteiger partial charge in [-0.05, 0) is 106 Å². The number of primary amides is 1. The molecule has 0 aliphatic carbocycles. The van der Waals surface area contributed by atoms with Gasteiger partial charge in [-0.1, -0.05) is 12.1 Å². The number of nitrogens with zero attached hydrogens (tertiary/aromatic N) is 6. The standard InChI is InChI=1S/C39H45N9O5/c40-36(50)35-31(21-33(43-44-35)46-15-2-1-3-16-46)41-27-6-4-25(5-7-27)26-13-17-45(18-14-26)22-24-12-19-47(23-24)28-8-9-29-30(20-28)39(53)48(38(29)52)32-10-11-34(49)42-37(32)51/h4-9,20-21,24,26,32H,1-3,10-19,22-23H2,(H2,40,50)(H,41,43)(H,42,49,51). The minimum atomic E-state index is -0.966. The molecule has 2 atom stereocenters. The zero-order chi connectivity index (χ0) is 36.6. The molecule has 14 nitrogen and oxygen atoms in total. The van der Waals surface area contributed by atoms with E-state index in [1.165, 1.54) is 12.0 Å². The van der Waals surface area contributed by atoms with Gasteiger partial charge in [-0.3, -0.25) is 34.2 Å². The highest BCUT2D eigenvalue weighted by atomic mass is 16.2. The summed E-state index contributed by atoms with van der Waals surface area (Å²) in [5.74, 6) is -0.843. The van der Waals surface area contributed by atoms with E-state index in [-0.39, 0.29) is 24.4 Å². The van der Waals surface area contributed by atoms with Crippen LogP contribution in [0, 0.1) is 5.92 Å². The van der Waals surface area contributed by atoms with Gasteiger partial charge in [0.25, 0.3) is 17.7 Å². The molecule has 4 N–H and O–H groups in total. The third-order valence-corrected chi connectivity index (χ3v) is 11.5. The molecule has 1 aromatic heterocycles. The number of amides is 5. The van der Waals surface area contributed by atoms with Crippen molar-refractivity contribution in [1.29, 1.82) is 0 Å². The topological polar surface area (TPSA) is 174 Å². The van der Waals surface area contributed by atoms with Crippen molar-refractivity contribution in [3.63, 3.8) is 0 Å². The highest BCUT2D eigenvalue weighted by molar-refractivity contribution is 6.23. The van der Waals surface area contributed by atoms with Gasteiger partial charge in [0.1, 0.15) is 6.04 Å². The lowest BCUT2D eigenvalue weighted by atomic mass is 9.89. The van der Waals surface area contributed by atoms with Crippen LogP contribution < -0.4 is 26.2 Å². The Balaban J connectivity index is 0.835. The van der Waals surface area contributed by atoms with Crippen molar-refractivity contribution in [2.75, 3.05) is 60.9 Å². The second-order valence-corrected chi connectivity index (χ2v) is 15.0. The molecule has 3 aromatic rings. The maximum Gasteiger partial charge on any atom is 0.271 e. The molecule has 0 radical (unpaired) electrons. The lowest BCUT2D eigenvalue weighted by Gasteiger charge is -2.34. The number of anilines is 4. The maximum absolute atomic E-state index is 13.3. The predicted octanol–water partition coefficient (Wildman–Crippen LogP) is 3.42. The summed E-state index contributed by atoms with van der Waals surface area (Å²) in [5.41, 5.74) is 10.0. The number of fused-ring (bicyclic) bond motifs is 1. The largest absolute Gasteiger partial charge is 0.371 e. The second-order valence-electron chi connectivity index (χ2n) is 15.0. The molecule has 8 rings (SSSR count). The molecular formula is C39H45N9O5. The molecule has 14 heteroatoms. The minimum Gasteiger partial charge on any atom is -0.371 e. The Hall–Kier alpha value is -5.37. The van der Waals surface area contributed by atoms with Crippen molar-refractivity contribution >= 4 is 52.4 Å². The Bertz CT molecular complexity index is 1940. The van der Waals surface area contributed by atoms with Crippen LogP contribution in [0.5, 0.6) is 0 Å². The van der Waals surface area contributed by atoms with E-state index in [4.69, 9.17) is 5.73 Å². The summed E-state index contributed by atoms with van der Waals surface area (Å²) in [7, 11) is 0. The first kappa shape index (κ1) is 34.7. The fraction of sp³-hybridized carbons (Fsp3) is 0.462. The summed E-state index contributed by atoms with van der Waals surface area (Å²) in [6, 6.07) is 14.7. The van der Waals surface area contributed by atoms with Crippen LogP contribution >= 0.6 is 0 Å². The summed E-state index contributed by atoms with van der Waals surface area (Å²) >= 11 is 0. The summed E-state index contributed by atoms with van der Waals surface area (Å²) in [6.07, 6.45) is 6.88. The van der Waals surface area contributed by atoms with Gasteiger partial charge >= 0.3 is 0 Å². The number of hydrogen-bond acceptors (Lipinski definition) is 11. The van der Waals surface area contributed by atoms with E-state index in [0.717, 1.165) is 100 Å². The molecular weight excluding hydrogens is 674 g/mol. The van der Waals surface area contributed by atoms with Crippen molar-refractivity contribution in [3.8, 4) is 0 Å². The SMILES string of the molecule is NC(=O)c1nnc(N2CCCCC2)cc1Nc1ccc(C2CCN(CC3CCN(c4ccc5c(c4)C(=O)N(C4CCC(=O)NC4=O)C5=O)C3)CC2)cc1. The summed E-state index contributed by atoms with van der Waals surface area (Å²) < 4.78 is 0. The normalized spacial score (nSPS) is 22.7. The smallest absolute Gasteiger partial charge is 0.271 e. The number of carbonyl (C=O) groups is 5. The highest BCUT2D eigenvalue weighted by Crippen LogP contribution is 2.35. The van der Waals surface area contributed by atoms with Crippen molar-refractivity contribution in [3.05, 3.63) is 70.9 Å². The van der Waals surface area contributed by atoms with Crippen LogP contribution in [0.3, 0.4) is 0 Å². The molecule has 5 aliphatic rings. The quantitative estimate of drug-likeness (QED) is 0.277. The number of carbonyl (C=O) groups excluding carboxylic acids is 5. The molecule has 5 amide bonds. The lowest BCUT2D eigenvalue weighted by molar-refractivity contribution is -0.136.